The Kier molecular flexibility index (Phi) is 2.60. The molecular weight excluding hydrogens is 252 g/mol. The highest BCUT2D eigenvalue weighted by Gasteiger charge is 2.11. The molecule has 0 amide bonds. The van der Waals surface area contributed by atoms with Crippen molar-refractivity contribution in [1.82, 2.24) is 19.7 Å². The molecule has 1 aromatic carbocycles. The number of nitrogens with zero attached hydrogens (tertiary/aromatic N) is 4. The molecule has 0 saturated carbocycles. The fourth-order valence-corrected chi connectivity index (χ4v) is 1.91. The maximum absolute atomic E-state index is 5.81. The molecule has 3 aromatic rings. The van der Waals surface area contributed by atoms with Crippen LogP contribution in [0.4, 0.5) is 0 Å². The smallest absolute Gasteiger partial charge is 0.224 e. The van der Waals surface area contributed by atoms with E-state index in [0.717, 1.165) is 16.8 Å². The van der Waals surface area contributed by atoms with Gasteiger partial charge < -0.3 is 4.74 Å². The second kappa shape index (κ2) is 4.27. The maximum atomic E-state index is 5.81. The van der Waals surface area contributed by atoms with Gasteiger partial charge in [0, 0.05) is 6.20 Å². The standard InChI is InChI=1S/C12H9ClN4O/c1-18-10-5-3-2-4-9(10)17-11-8(7-15-17)6-14-12(13)16-11/h2-7H,1H3. The van der Waals surface area contributed by atoms with Crippen LogP contribution in [0.3, 0.4) is 0 Å². The van der Waals surface area contributed by atoms with Crippen LogP contribution in [-0.4, -0.2) is 26.9 Å². The molecular formula is C12H9ClN4O. The van der Waals surface area contributed by atoms with Gasteiger partial charge in [0.15, 0.2) is 5.65 Å². The molecule has 0 unspecified atom stereocenters. The summed E-state index contributed by atoms with van der Waals surface area (Å²) < 4.78 is 6.99. The lowest BCUT2D eigenvalue weighted by molar-refractivity contribution is 0.412. The Labute approximate surface area is 108 Å². The van der Waals surface area contributed by atoms with Crippen LogP contribution in [0.15, 0.2) is 36.7 Å². The Morgan fingerprint density at radius 2 is 2.06 bits per heavy atom. The van der Waals surface area contributed by atoms with Crippen molar-refractivity contribution >= 4 is 22.6 Å². The fourth-order valence-electron chi connectivity index (χ4n) is 1.78. The molecule has 0 bridgehead atoms. The summed E-state index contributed by atoms with van der Waals surface area (Å²) in [5.74, 6) is 0.720. The van der Waals surface area contributed by atoms with Crippen LogP contribution in [-0.2, 0) is 0 Å². The van der Waals surface area contributed by atoms with E-state index in [4.69, 9.17) is 16.3 Å². The Morgan fingerprint density at radius 1 is 1.22 bits per heavy atom. The fraction of sp³-hybridized carbons (Fsp3) is 0.0833. The van der Waals surface area contributed by atoms with E-state index in [0.29, 0.717) is 5.65 Å². The van der Waals surface area contributed by atoms with Crippen molar-refractivity contribution in [1.29, 1.82) is 0 Å². The molecule has 90 valence electrons. The SMILES string of the molecule is COc1ccccc1-n1ncc2cnc(Cl)nc21. The first-order chi connectivity index (χ1) is 8.79. The maximum Gasteiger partial charge on any atom is 0.224 e. The van der Waals surface area contributed by atoms with E-state index in [1.165, 1.54) is 0 Å². The second-order valence-corrected chi connectivity index (χ2v) is 3.98. The van der Waals surface area contributed by atoms with E-state index in [9.17, 15) is 0 Å². The monoisotopic (exact) mass is 260 g/mol. The molecule has 0 spiro atoms. The average molecular weight is 261 g/mol. The minimum Gasteiger partial charge on any atom is -0.494 e. The van der Waals surface area contributed by atoms with Crippen LogP contribution >= 0.6 is 11.6 Å². The number of benzene rings is 1. The third kappa shape index (κ3) is 1.69. The molecule has 0 fully saturated rings. The zero-order chi connectivity index (χ0) is 12.5. The zero-order valence-corrected chi connectivity index (χ0v) is 10.3. The van der Waals surface area contributed by atoms with Gasteiger partial charge in [0.1, 0.15) is 11.4 Å². The summed E-state index contributed by atoms with van der Waals surface area (Å²) in [5, 5.41) is 5.31. The summed E-state index contributed by atoms with van der Waals surface area (Å²) >= 11 is 5.81. The van der Waals surface area contributed by atoms with E-state index < -0.39 is 0 Å². The molecule has 5 nitrogen and oxygen atoms in total. The number of rotatable bonds is 2. The normalized spacial score (nSPS) is 10.8. The first-order valence-electron chi connectivity index (χ1n) is 5.29. The minimum atomic E-state index is 0.194. The highest BCUT2D eigenvalue weighted by Crippen LogP contribution is 2.24. The van der Waals surface area contributed by atoms with Crippen LogP contribution < -0.4 is 4.74 Å². The Morgan fingerprint density at radius 3 is 2.89 bits per heavy atom. The summed E-state index contributed by atoms with van der Waals surface area (Å²) in [6.45, 7) is 0. The molecule has 0 atom stereocenters. The van der Waals surface area contributed by atoms with Gasteiger partial charge in [0.05, 0.1) is 18.7 Å². The molecule has 0 aliphatic carbocycles. The van der Waals surface area contributed by atoms with Crippen LogP contribution in [0.25, 0.3) is 16.7 Å². The van der Waals surface area contributed by atoms with Crippen LogP contribution in [0.2, 0.25) is 5.28 Å². The quantitative estimate of drug-likeness (QED) is 0.664. The van der Waals surface area contributed by atoms with Gasteiger partial charge in [0.25, 0.3) is 0 Å². The third-order valence-corrected chi connectivity index (χ3v) is 2.77. The molecule has 2 heterocycles. The zero-order valence-electron chi connectivity index (χ0n) is 9.54. The van der Waals surface area contributed by atoms with Crippen LogP contribution in [0, 0.1) is 0 Å². The molecule has 0 radical (unpaired) electrons. The van der Waals surface area contributed by atoms with E-state index in [1.54, 1.807) is 24.2 Å². The van der Waals surface area contributed by atoms with Crippen LogP contribution in [0.5, 0.6) is 5.75 Å². The predicted molar refractivity (Wildman–Crippen MR) is 68.2 cm³/mol. The number of halogens is 1. The summed E-state index contributed by atoms with van der Waals surface area (Å²) in [5.41, 5.74) is 1.46. The van der Waals surface area contributed by atoms with E-state index >= 15 is 0 Å². The van der Waals surface area contributed by atoms with E-state index in [-0.39, 0.29) is 5.28 Å². The van der Waals surface area contributed by atoms with E-state index in [1.807, 2.05) is 24.3 Å². The predicted octanol–water partition coefficient (Wildman–Crippen LogP) is 2.48. The lowest BCUT2D eigenvalue weighted by Crippen LogP contribution is -2.00. The van der Waals surface area contributed by atoms with Gasteiger partial charge in [-0.15, -0.1) is 0 Å². The number of methoxy groups -OCH3 is 1. The Bertz CT molecular complexity index is 710. The summed E-state index contributed by atoms with van der Waals surface area (Å²) in [7, 11) is 1.62. The van der Waals surface area contributed by atoms with Gasteiger partial charge in [-0.25, -0.2) is 9.67 Å². The van der Waals surface area contributed by atoms with Crippen molar-refractivity contribution in [2.24, 2.45) is 0 Å². The number of aromatic nitrogens is 4. The highest BCUT2D eigenvalue weighted by atomic mass is 35.5. The van der Waals surface area contributed by atoms with Gasteiger partial charge in [0.2, 0.25) is 5.28 Å². The van der Waals surface area contributed by atoms with Gasteiger partial charge >= 0.3 is 0 Å². The largest absolute Gasteiger partial charge is 0.494 e. The molecule has 0 saturated heterocycles. The first-order valence-corrected chi connectivity index (χ1v) is 5.67. The molecule has 2 aromatic heterocycles. The number of ether oxygens (including phenoxy) is 1. The third-order valence-electron chi connectivity index (χ3n) is 2.59. The molecule has 3 rings (SSSR count). The summed E-state index contributed by atoms with van der Waals surface area (Å²) in [6, 6.07) is 7.58. The van der Waals surface area contributed by atoms with Crippen molar-refractivity contribution in [2.75, 3.05) is 7.11 Å². The van der Waals surface area contributed by atoms with Gasteiger partial charge in [-0.1, -0.05) is 12.1 Å². The van der Waals surface area contributed by atoms with E-state index in [2.05, 4.69) is 15.1 Å². The van der Waals surface area contributed by atoms with Crippen molar-refractivity contribution in [2.45, 2.75) is 0 Å². The van der Waals surface area contributed by atoms with Crippen molar-refractivity contribution < 1.29 is 4.74 Å². The first kappa shape index (κ1) is 11.0. The lowest BCUT2D eigenvalue weighted by atomic mass is 10.3. The van der Waals surface area contributed by atoms with Gasteiger partial charge in [-0.3, -0.25) is 0 Å². The van der Waals surface area contributed by atoms with Crippen molar-refractivity contribution in [3.63, 3.8) is 0 Å². The van der Waals surface area contributed by atoms with Gasteiger partial charge in [-0.2, -0.15) is 10.1 Å². The minimum absolute atomic E-state index is 0.194. The van der Waals surface area contributed by atoms with Crippen LogP contribution in [0.1, 0.15) is 0 Å². The van der Waals surface area contributed by atoms with Crippen molar-refractivity contribution in [3.8, 4) is 11.4 Å². The molecule has 6 heteroatoms. The number of hydrogen-bond donors (Lipinski definition) is 0. The molecule has 0 aliphatic heterocycles. The summed E-state index contributed by atoms with van der Waals surface area (Å²) in [4.78, 5) is 8.11. The number of fused-ring (bicyclic) bond motifs is 1. The van der Waals surface area contributed by atoms with Gasteiger partial charge in [-0.05, 0) is 23.7 Å². The number of para-hydroxylation sites is 2. The highest BCUT2D eigenvalue weighted by molar-refractivity contribution is 6.28. The summed E-state index contributed by atoms with van der Waals surface area (Å²) in [6.07, 6.45) is 3.34. The Hall–Kier alpha value is -2.14. The Balaban J connectivity index is 2.28. The lowest BCUT2D eigenvalue weighted by Gasteiger charge is -2.08. The molecule has 0 N–H and O–H groups in total. The molecule has 0 aliphatic rings. The number of hydrogen-bond acceptors (Lipinski definition) is 4. The average Bonchev–Trinajstić information content (AvgIpc) is 2.81. The topological polar surface area (TPSA) is 52.8 Å². The second-order valence-electron chi connectivity index (χ2n) is 3.65. The van der Waals surface area contributed by atoms with Crippen molar-refractivity contribution in [3.05, 3.63) is 41.9 Å². The molecule has 18 heavy (non-hydrogen) atoms.